The zero-order chi connectivity index (χ0) is 11.1. The van der Waals surface area contributed by atoms with Crippen LogP contribution in [0, 0.1) is 11.8 Å². The Labute approximate surface area is 83.1 Å². The molecule has 2 atom stereocenters. The molecule has 2 unspecified atom stereocenters. The van der Waals surface area contributed by atoms with Crippen molar-refractivity contribution in [2.24, 2.45) is 11.8 Å². The summed E-state index contributed by atoms with van der Waals surface area (Å²) in [5, 5.41) is 16.8. The molecule has 0 aromatic rings. The van der Waals surface area contributed by atoms with Gasteiger partial charge in [0.25, 0.3) is 0 Å². The van der Waals surface area contributed by atoms with Crippen LogP contribution >= 0.6 is 0 Å². The van der Waals surface area contributed by atoms with Gasteiger partial charge < -0.3 is 0 Å². The van der Waals surface area contributed by atoms with Gasteiger partial charge in [-0.05, 0) is 0 Å². The van der Waals surface area contributed by atoms with Crippen LogP contribution in [-0.4, -0.2) is 23.1 Å². The Hall–Kier alpha value is -0.240. The van der Waals surface area contributed by atoms with Crippen LogP contribution in [0.2, 0.25) is 0 Å². The fourth-order valence-electron chi connectivity index (χ4n) is 0.610. The van der Waals surface area contributed by atoms with Crippen LogP contribution in [0.5, 0.6) is 0 Å². The van der Waals surface area contributed by atoms with E-state index < -0.39 is 12.6 Å². The van der Waals surface area contributed by atoms with Crippen LogP contribution in [0.4, 0.5) is 0 Å². The molecule has 0 radical (unpaired) electrons. The monoisotopic (exact) mass is 210 g/mol. The lowest BCUT2D eigenvalue weighted by Crippen LogP contribution is -2.29. The van der Waals surface area contributed by atoms with Crippen molar-refractivity contribution in [2.45, 2.75) is 40.3 Å². The second-order valence-corrected chi connectivity index (χ2v) is 3.63. The summed E-state index contributed by atoms with van der Waals surface area (Å²) in [6, 6.07) is 0. The third kappa shape index (κ3) is 4.85. The van der Waals surface area contributed by atoms with E-state index in [1.54, 1.807) is 27.7 Å². The molecular formula is C8H18O6. The van der Waals surface area contributed by atoms with E-state index in [-0.39, 0.29) is 11.8 Å². The van der Waals surface area contributed by atoms with Crippen LogP contribution in [0.3, 0.4) is 0 Å². The predicted molar refractivity (Wildman–Crippen MR) is 46.8 cm³/mol. The highest BCUT2D eigenvalue weighted by Crippen LogP contribution is 2.12. The predicted octanol–water partition coefficient (Wildman–Crippen LogP) is 1.88. The molecule has 6 nitrogen and oxygen atoms in total. The van der Waals surface area contributed by atoms with E-state index in [9.17, 15) is 0 Å². The highest BCUT2D eigenvalue weighted by molar-refractivity contribution is 4.47. The number of hydrogen-bond donors (Lipinski definition) is 2. The first-order valence-corrected chi connectivity index (χ1v) is 4.45. The van der Waals surface area contributed by atoms with Crippen LogP contribution in [0.1, 0.15) is 27.7 Å². The van der Waals surface area contributed by atoms with Crippen LogP contribution in [0.25, 0.3) is 0 Å². The van der Waals surface area contributed by atoms with E-state index >= 15 is 0 Å². The van der Waals surface area contributed by atoms with Gasteiger partial charge in [0, 0.05) is 11.8 Å². The van der Waals surface area contributed by atoms with Gasteiger partial charge in [-0.2, -0.15) is 9.78 Å². The fourth-order valence-corrected chi connectivity index (χ4v) is 0.610. The van der Waals surface area contributed by atoms with Gasteiger partial charge >= 0.3 is 0 Å². The lowest BCUT2D eigenvalue weighted by molar-refractivity contribution is -0.519. The number of rotatable bonds is 7. The standard InChI is InChI=1S/C8H18O6/c1-5(2)7(11-9)13-14-8(12-10)6(3)4/h5-10H,1-4H3. The highest BCUT2D eigenvalue weighted by atomic mass is 17.3. The molecule has 0 fully saturated rings. The van der Waals surface area contributed by atoms with E-state index in [1.807, 2.05) is 0 Å². The SMILES string of the molecule is CC(C)C(OO)OOC(OO)C(C)C. The van der Waals surface area contributed by atoms with Crippen molar-refractivity contribution in [2.75, 3.05) is 0 Å². The molecule has 2 N–H and O–H groups in total. The first-order valence-electron chi connectivity index (χ1n) is 4.45. The maximum atomic E-state index is 8.41. The van der Waals surface area contributed by atoms with E-state index in [2.05, 4.69) is 9.78 Å². The summed E-state index contributed by atoms with van der Waals surface area (Å²) in [7, 11) is 0. The van der Waals surface area contributed by atoms with Crippen molar-refractivity contribution in [3.8, 4) is 0 Å². The fraction of sp³-hybridized carbons (Fsp3) is 1.00. The zero-order valence-electron chi connectivity index (χ0n) is 8.84. The van der Waals surface area contributed by atoms with E-state index in [1.165, 1.54) is 0 Å². The largest absolute Gasteiger partial charge is 0.249 e. The van der Waals surface area contributed by atoms with Crippen molar-refractivity contribution in [1.82, 2.24) is 0 Å². The molecule has 0 aliphatic carbocycles. The molecule has 0 rings (SSSR count). The van der Waals surface area contributed by atoms with Gasteiger partial charge in [0.2, 0.25) is 12.6 Å². The molecule has 0 saturated carbocycles. The summed E-state index contributed by atoms with van der Waals surface area (Å²) >= 11 is 0. The minimum Gasteiger partial charge on any atom is -0.249 e. The Kier molecular flexibility index (Phi) is 6.98. The Balaban J connectivity index is 3.88. The van der Waals surface area contributed by atoms with Crippen LogP contribution in [-0.2, 0) is 19.6 Å². The van der Waals surface area contributed by atoms with Crippen LogP contribution < -0.4 is 0 Å². The molecule has 0 spiro atoms. The third-order valence-corrected chi connectivity index (χ3v) is 1.54. The lowest BCUT2D eigenvalue weighted by atomic mass is 10.2. The highest BCUT2D eigenvalue weighted by Gasteiger charge is 2.21. The Morgan fingerprint density at radius 2 is 1.00 bits per heavy atom. The third-order valence-electron chi connectivity index (χ3n) is 1.54. The number of hydrogen-bond acceptors (Lipinski definition) is 6. The molecule has 86 valence electrons. The summed E-state index contributed by atoms with van der Waals surface area (Å²) in [5.41, 5.74) is 0. The van der Waals surface area contributed by atoms with E-state index in [4.69, 9.17) is 20.3 Å². The molecule has 0 heterocycles. The Bertz CT molecular complexity index is 122. The summed E-state index contributed by atoms with van der Waals surface area (Å²) in [4.78, 5) is 17.4. The molecule has 0 aliphatic rings. The minimum absolute atomic E-state index is 0.0912. The molecule has 0 amide bonds. The van der Waals surface area contributed by atoms with Gasteiger partial charge in [-0.15, -0.1) is 0 Å². The van der Waals surface area contributed by atoms with Crippen LogP contribution in [0.15, 0.2) is 0 Å². The average Bonchev–Trinajstić information content (AvgIpc) is 2.11. The molecular weight excluding hydrogens is 192 g/mol. The van der Waals surface area contributed by atoms with E-state index in [0.717, 1.165) is 0 Å². The molecule has 0 aromatic carbocycles. The summed E-state index contributed by atoms with van der Waals surface area (Å²) in [6.45, 7) is 7.09. The first-order chi connectivity index (χ1) is 6.52. The van der Waals surface area contributed by atoms with Gasteiger partial charge in [0.15, 0.2) is 0 Å². The van der Waals surface area contributed by atoms with Crippen molar-refractivity contribution >= 4 is 0 Å². The average molecular weight is 210 g/mol. The molecule has 0 aromatic heterocycles. The first kappa shape index (κ1) is 13.8. The topological polar surface area (TPSA) is 77.4 Å². The Morgan fingerprint density at radius 3 is 1.14 bits per heavy atom. The summed E-state index contributed by atoms with van der Waals surface area (Å²) in [6.07, 6.45) is -1.82. The lowest BCUT2D eigenvalue weighted by Gasteiger charge is -2.21. The summed E-state index contributed by atoms with van der Waals surface area (Å²) < 4.78 is 0. The van der Waals surface area contributed by atoms with Gasteiger partial charge in [-0.3, -0.25) is 0 Å². The molecule has 6 heteroatoms. The molecule has 0 aliphatic heterocycles. The van der Waals surface area contributed by atoms with Gasteiger partial charge in [-0.1, -0.05) is 27.7 Å². The molecule has 0 bridgehead atoms. The van der Waals surface area contributed by atoms with Crippen molar-refractivity contribution < 1.29 is 30.1 Å². The Morgan fingerprint density at radius 1 is 0.714 bits per heavy atom. The smallest absolute Gasteiger partial charge is 0.226 e. The van der Waals surface area contributed by atoms with Gasteiger partial charge in [0.1, 0.15) is 0 Å². The van der Waals surface area contributed by atoms with Crippen molar-refractivity contribution in [3.05, 3.63) is 0 Å². The molecule has 0 saturated heterocycles. The van der Waals surface area contributed by atoms with Gasteiger partial charge in [-0.25, -0.2) is 20.3 Å². The van der Waals surface area contributed by atoms with Crippen molar-refractivity contribution in [1.29, 1.82) is 0 Å². The van der Waals surface area contributed by atoms with Gasteiger partial charge in [0.05, 0.1) is 0 Å². The normalized spacial score (nSPS) is 16.3. The summed E-state index contributed by atoms with van der Waals surface area (Å²) in [5.74, 6) is -0.182. The zero-order valence-corrected chi connectivity index (χ0v) is 8.84. The second kappa shape index (κ2) is 7.10. The van der Waals surface area contributed by atoms with E-state index in [0.29, 0.717) is 0 Å². The second-order valence-electron chi connectivity index (χ2n) is 3.63. The van der Waals surface area contributed by atoms with Crippen molar-refractivity contribution in [3.63, 3.8) is 0 Å². The maximum Gasteiger partial charge on any atom is 0.226 e. The maximum absolute atomic E-state index is 8.41. The quantitative estimate of drug-likeness (QED) is 0.379. The molecule has 14 heavy (non-hydrogen) atoms. The minimum atomic E-state index is -0.911.